The first-order valence-corrected chi connectivity index (χ1v) is 6.69. The Morgan fingerprint density at radius 3 is 2.82 bits per heavy atom. The highest BCUT2D eigenvalue weighted by Gasteiger charge is 2.07. The van der Waals surface area contributed by atoms with E-state index >= 15 is 0 Å². The SMILES string of the molecule is CCCNC(C)CCCc1c(F)cccc1Cl. The van der Waals surface area contributed by atoms with E-state index < -0.39 is 0 Å². The van der Waals surface area contributed by atoms with Gasteiger partial charge in [-0.05, 0) is 51.3 Å². The van der Waals surface area contributed by atoms with Gasteiger partial charge in [0.25, 0.3) is 0 Å². The summed E-state index contributed by atoms with van der Waals surface area (Å²) in [7, 11) is 0. The van der Waals surface area contributed by atoms with Crippen LogP contribution in [0.4, 0.5) is 4.39 Å². The summed E-state index contributed by atoms with van der Waals surface area (Å²) < 4.78 is 13.5. The fraction of sp³-hybridized carbons (Fsp3) is 0.571. The maximum atomic E-state index is 13.5. The first kappa shape index (κ1) is 14.5. The van der Waals surface area contributed by atoms with Crippen LogP contribution in [0.5, 0.6) is 0 Å². The van der Waals surface area contributed by atoms with E-state index in [1.165, 1.54) is 6.07 Å². The minimum absolute atomic E-state index is 0.188. The number of rotatable bonds is 7. The molecular weight excluding hydrogens is 237 g/mol. The average molecular weight is 258 g/mol. The van der Waals surface area contributed by atoms with Crippen molar-refractivity contribution in [2.24, 2.45) is 0 Å². The molecule has 0 spiro atoms. The van der Waals surface area contributed by atoms with Gasteiger partial charge in [-0.25, -0.2) is 4.39 Å². The van der Waals surface area contributed by atoms with Crippen LogP contribution in [0, 0.1) is 5.82 Å². The van der Waals surface area contributed by atoms with Crippen molar-refractivity contribution in [2.45, 2.75) is 45.6 Å². The molecule has 1 unspecified atom stereocenters. The minimum atomic E-state index is -0.188. The Kier molecular flexibility index (Phi) is 6.53. The minimum Gasteiger partial charge on any atom is -0.314 e. The van der Waals surface area contributed by atoms with E-state index in [0.717, 1.165) is 25.8 Å². The Bertz CT molecular complexity index is 321. The largest absolute Gasteiger partial charge is 0.314 e. The molecule has 1 aromatic carbocycles. The van der Waals surface area contributed by atoms with E-state index in [9.17, 15) is 4.39 Å². The lowest BCUT2D eigenvalue weighted by Crippen LogP contribution is -2.26. The van der Waals surface area contributed by atoms with Crippen molar-refractivity contribution in [3.8, 4) is 0 Å². The molecule has 1 atom stereocenters. The summed E-state index contributed by atoms with van der Waals surface area (Å²) in [5.41, 5.74) is 0.650. The normalized spacial score (nSPS) is 12.7. The average Bonchev–Trinajstić information content (AvgIpc) is 2.30. The number of nitrogens with one attached hydrogen (secondary N) is 1. The maximum Gasteiger partial charge on any atom is 0.127 e. The number of benzene rings is 1. The topological polar surface area (TPSA) is 12.0 Å². The second-order valence-corrected chi connectivity index (χ2v) is 4.85. The van der Waals surface area contributed by atoms with Gasteiger partial charge in [0.1, 0.15) is 5.82 Å². The molecule has 0 aromatic heterocycles. The zero-order valence-electron chi connectivity index (χ0n) is 10.6. The fourth-order valence-electron chi connectivity index (χ4n) is 1.85. The molecule has 0 heterocycles. The zero-order chi connectivity index (χ0) is 12.7. The van der Waals surface area contributed by atoms with E-state index in [-0.39, 0.29) is 5.82 Å². The molecule has 0 bridgehead atoms. The third-order valence-electron chi connectivity index (χ3n) is 2.87. The van der Waals surface area contributed by atoms with Crippen LogP contribution in [0.3, 0.4) is 0 Å². The molecule has 3 heteroatoms. The maximum absolute atomic E-state index is 13.5. The molecule has 17 heavy (non-hydrogen) atoms. The molecule has 0 radical (unpaired) electrons. The molecule has 1 rings (SSSR count). The number of halogens is 2. The summed E-state index contributed by atoms with van der Waals surface area (Å²) >= 11 is 5.97. The van der Waals surface area contributed by atoms with Crippen molar-refractivity contribution in [3.05, 3.63) is 34.6 Å². The number of hydrogen-bond donors (Lipinski definition) is 1. The highest BCUT2D eigenvalue weighted by Crippen LogP contribution is 2.21. The molecule has 0 fully saturated rings. The quantitative estimate of drug-likeness (QED) is 0.772. The first-order chi connectivity index (χ1) is 8.15. The van der Waals surface area contributed by atoms with Crippen LogP contribution < -0.4 is 5.32 Å². The third-order valence-corrected chi connectivity index (χ3v) is 3.22. The Morgan fingerprint density at radius 2 is 2.18 bits per heavy atom. The standard InChI is InChI=1S/C14H21ClFN/c1-3-10-17-11(2)6-4-7-12-13(15)8-5-9-14(12)16/h5,8-9,11,17H,3-4,6-7,10H2,1-2H3. The van der Waals surface area contributed by atoms with Gasteiger partial charge in [-0.3, -0.25) is 0 Å². The van der Waals surface area contributed by atoms with Gasteiger partial charge >= 0.3 is 0 Å². The molecule has 0 aliphatic carbocycles. The third kappa shape index (κ3) is 5.05. The Labute approximate surface area is 108 Å². The van der Waals surface area contributed by atoms with Crippen molar-refractivity contribution >= 4 is 11.6 Å². The molecule has 96 valence electrons. The monoisotopic (exact) mass is 257 g/mol. The summed E-state index contributed by atoms with van der Waals surface area (Å²) in [4.78, 5) is 0. The molecule has 0 amide bonds. The van der Waals surface area contributed by atoms with Crippen LogP contribution in [0.15, 0.2) is 18.2 Å². The smallest absolute Gasteiger partial charge is 0.127 e. The summed E-state index contributed by atoms with van der Waals surface area (Å²) in [5.74, 6) is -0.188. The highest BCUT2D eigenvalue weighted by molar-refractivity contribution is 6.31. The van der Waals surface area contributed by atoms with Crippen LogP contribution in [0.1, 0.15) is 38.7 Å². The van der Waals surface area contributed by atoms with Gasteiger partial charge in [0, 0.05) is 16.6 Å². The van der Waals surface area contributed by atoms with E-state index in [1.807, 2.05) is 0 Å². The molecule has 0 saturated carbocycles. The van der Waals surface area contributed by atoms with Crippen molar-refractivity contribution in [2.75, 3.05) is 6.54 Å². The van der Waals surface area contributed by atoms with Crippen molar-refractivity contribution in [1.82, 2.24) is 5.32 Å². The lowest BCUT2D eigenvalue weighted by atomic mass is 10.0. The van der Waals surface area contributed by atoms with Gasteiger partial charge in [0.05, 0.1) is 0 Å². The lowest BCUT2D eigenvalue weighted by Gasteiger charge is -2.13. The van der Waals surface area contributed by atoms with Crippen LogP contribution in [0.25, 0.3) is 0 Å². The summed E-state index contributed by atoms with van der Waals surface area (Å²) in [6.45, 7) is 5.36. The molecule has 0 aliphatic rings. The van der Waals surface area contributed by atoms with Crippen molar-refractivity contribution in [3.63, 3.8) is 0 Å². The van der Waals surface area contributed by atoms with Crippen molar-refractivity contribution in [1.29, 1.82) is 0 Å². The Balaban J connectivity index is 2.35. The van der Waals surface area contributed by atoms with E-state index in [1.54, 1.807) is 12.1 Å². The van der Waals surface area contributed by atoms with Gasteiger partial charge in [-0.1, -0.05) is 24.6 Å². The van der Waals surface area contributed by atoms with Crippen molar-refractivity contribution < 1.29 is 4.39 Å². The predicted molar refractivity (Wildman–Crippen MR) is 72.1 cm³/mol. The van der Waals surface area contributed by atoms with Gasteiger partial charge in [-0.2, -0.15) is 0 Å². The van der Waals surface area contributed by atoms with Gasteiger partial charge in [0.15, 0.2) is 0 Å². The zero-order valence-corrected chi connectivity index (χ0v) is 11.4. The summed E-state index contributed by atoms with van der Waals surface area (Å²) in [6.07, 6.45) is 3.86. The second kappa shape index (κ2) is 7.67. The molecule has 1 aromatic rings. The predicted octanol–water partition coefficient (Wildman–Crippen LogP) is 4.19. The van der Waals surface area contributed by atoms with Crippen LogP contribution >= 0.6 is 11.6 Å². The van der Waals surface area contributed by atoms with Gasteiger partial charge in [-0.15, -0.1) is 0 Å². The summed E-state index contributed by atoms with van der Waals surface area (Å²) in [5, 5.41) is 3.96. The fourth-order valence-corrected chi connectivity index (χ4v) is 2.11. The molecule has 1 nitrogen and oxygen atoms in total. The lowest BCUT2D eigenvalue weighted by molar-refractivity contribution is 0.494. The van der Waals surface area contributed by atoms with Crippen LogP contribution in [-0.4, -0.2) is 12.6 Å². The first-order valence-electron chi connectivity index (χ1n) is 6.31. The Morgan fingerprint density at radius 1 is 1.41 bits per heavy atom. The number of hydrogen-bond acceptors (Lipinski definition) is 1. The van der Waals surface area contributed by atoms with Gasteiger partial charge < -0.3 is 5.32 Å². The molecule has 0 saturated heterocycles. The van der Waals surface area contributed by atoms with Crippen LogP contribution in [0.2, 0.25) is 5.02 Å². The van der Waals surface area contributed by atoms with Gasteiger partial charge in [0.2, 0.25) is 0 Å². The highest BCUT2D eigenvalue weighted by atomic mass is 35.5. The Hall–Kier alpha value is -0.600. The summed E-state index contributed by atoms with van der Waals surface area (Å²) in [6, 6.07) is 5.35. The molecule has 1 N–H and O–H groups in total. The molecule has 0 aliphatic heterocycles. The van der Waals surface area contributed by atoms with E-state index in [2.05, 4.69) is 19.2 Å². The molecular formula is C14H21ClFN. The second-order valence-electron chi connectivity index (χ2n) is 4.45. The van der Waals surface area contributed by atoms with E-state index in [0.29, 0.717) is 23.0 Å². The van der Waals surface area contributed by atoms with Crippen LogP contribution in [-0.2, 0) is 6.42 Å². The van der Waals surface area contributed by atoms with E-state index in [4.69, 9.17) is 11.6 Å².